The van der Waals surface area contributed by atoms with Crippen molar-refractivity contribution in [1.29, 1.82) is 0 Å². The van der Waals surface area contributed by atoms with Gasteiger partial charge in [-0.3, -0.25) is 4.90 Å². The summed E-state index contributed by atoms with van der Waals surface area (Å²) in [6.07, 6.45) is 3.02. The quantitative estimate of drug-likeness (QED) is 0.288. The molecule has 0 radical (unpaired) electrons. The predicted octanol–water partition coefficient (Wildman–Crippen LogP) is 6.72. The lowest BCUT2D eigenvalue weighted by atomic mass is 9.94. The first kappa shape index (κ1) is 23.9. The number of carbonyl (C=O) groups excluding carboxylic acids is 1. The number of thioether (sulfide) groups is 1. The maximum Gasteiger partial charge on any atom is 0.322 e. The van der Waals surface area contributed by atoms with Gasteiger partial charge in [-0.05, 0) is 60.6 Å². The largest absolute Gasteiger partial charge is 0.334 e. The molecule has 0 aliphatic carbocycles. The third kappa shape index (κ3) is 4.79. The van der Waals surface area contributed by atoms with Gasteiger partial charge < -0.3 is 9.84 Å². The second kappa shape index (κ2) is 10.4. The Hall–Kier alpha value is -3.84. The topological polar surface area (TPSA) is 71.3 Å². The molecule has 182 valence electrons. The number of nitrogens with zero attached hydrogens (tertiary/aromatic N) is 3. The minimum absolute atomic E-state index is 0.155. The number of amides is 2. The standard InChI is InChI=1S/C29H28N4O2S/c1-4-20-10-12-21(13-11-20)18-33-19(2)25(26(30-29(33)34)22-8-6-5-7-9-22)28-31-27(32-35-28)23-14-16-24(36-3)17-15-23/h5-17,26H,4,18H2,1-3H3,(H,30,34). The van der Waals surface area contributed by atoms with Gasteiger partial charge in [0, 0.05) is 16.2 Å². The van der Waals surface area contributed by atoms with E-state index in [9.17, 15) is 4.79 Å². The van der Waals surface area contributed by atoms with Crippen LogP contribution in [0.5, 0.6) is 0 Å². The molecule has 0 spiro atoms. The molecule has 2 heterocycles. The molecular weight excluding hydrogens is 468 g/mol. The molecule has 1 N–H and O–H groups in total. The Labute approximate surface area is 215 Å². The average molecular weight is 497 g/mol. The van der Waals surface area contributed by atoms with Gasteiger partial charge in [0.1, 0.15) is 0 Å². The second-order valence-corrected chi connectivity index (χ2v) is 9.58. The fourth-order valence-corrected chi connectivity index (χ4v) is 4.81. The lowest BCUT2D eigenvalue weighted by Crippen LogP contribution is -2.45. The van der Waals surface area contributed by atoms with Gasteiger partial charge in [0.15, 0.2) is 0 Å². The first-order chi connectivity index (χ1) is 17.6. The lowest BCUT2D eigenvalue weighted by Gasteiger charge is -2.35. The molecule has 3 aromatic carbocycles. The molecule has 4 aromatic rings. The van der Waals surface area contributed by atoms with E-state index in [1.807, 2.05) is 67.8 Å². The van der Waals surface area contributed by atoms with E-state index in [0.29, 0.717) is 18.3 Å². The molecule has 5 rings (SSSR count). The highest BCUT2D eigenvalue weighted by molar-refractivity contribution is 7.98. The summed E-state index contributed by atoms with van der Waals surface area (Å²) in [6.45, 7) is 4.52. The Bertz CT molecular complexity index is 1380. The van der Waals surface area contributed by atoms with Gasteiger partial charge in [-0.15, -0.1) is 11.8 Å². The molecule has 0 fully saturated rings. The summed E-state index contributed by atoms with van der Waals surface area (Å²) < 4.78 is 5.80. The van der Waals surface area contributed by atoms with Gasteiger partial charge >= 0.3 is 6.03 Å². The smallest absolute Gasteiger partial charge is 0.322 e. The Morgan fingerprint density at radius 3 is 2.33 bits per heavy atom. The van der Waals surface area contributed by atoms with Crippen molar-refractivity contribution in [3.8, 4) is 11.4 Å². The summed E-state index contributed by atoms with van der Waals surface area (Å²) in [5.41, 5.74) is 5.74. The zero-order chi connectivity index (χ0) is 25.1. The van der Waals surface area contributed by atoms with Gasteiger partial charge in [-0.1, -0.05) is 66.7 Å². The van der Waals surface area contributed by atoms with Gasteiger partial charge in [-0.25, -0.2) is 4.79 Å². The SMILES string of the molecule is CCc1ccc(CN2C(=O)NC(c3ccccc3)C(c3nc(-c4ccc(SC)cc4)no3)=C2C)cc1. The maximum absolute atomic E-state index is 13.3. The number of allylic oxidation sites excluding steroid dienone is 1. The zero-order valence-corrected chi connectivity index (χ0v) is 21.4. The number of rotatable bonds is 7. The van der Waals surface area contributed by atoms with Gasteiger partial charge in [0.2, 0.25) is 5.82 Å². The van der Waals surface area contributed by atoms with Crippen molar-refractivity contribution in [3.05, 3.63) is 107 Å². The van der Waals surface area contributed by atoms with Crippen molar-refractivity contribution in [3.63, 3.8) is 0 Å². The van der Waals surface area contributed by atoms with Crippen molar-refractivity contribution in [2.75, 3.05) is 6.26 Å². The number of hydrogen-bond acceptors (Lipinski definition) is 5. The Morgan fingerprint density at radius 1 is 0.972 bits per heavy atom. The monoisotopic (exact) mass is 496 g/mol. The van der Waals surface area contributed by atoms with Crippen LogP contribution >= 0.6 is 11.8 Å². The zero-order valence-electron chi connectivity index (χ0n) is 20.6. The molecule has 0 saturated carbocycles. The van der Waals surface area contributed by atoms with E-state index in [4.69, 9.17) is 9.51 Å². The van der Waals surface area contributed by atoms with Crippen LogP contribution in [0.25, 0.3) is 17.0 Å². The molecule has 1 aliphatic heterocycles. The summed E-state index contributed by atoms with van der Waals surface area (Å²) in [7, 11) is 0. The van der Waals surface area contributed by atoms with E-state index >= 15 is 0 Å². The van der Waals surface area contributed by atoms with Crippen LogP contribution in [-0.2, 0) is 13.0 Å². The van der Waals surface area contributed by atoms with E-state index in [-0.39, 0.29) is 6.03 Å². The number of hydrogen-bond donors (Lipinski definition) is 1. The number of urea groups is 1. The molecule has 1 unspecified atom stereocenters. The number of benzene rings is 3. The molecular formula is C29H28N4O2S. The minimum atomic E-state index is -0.399. The van der Waals surface area contributed by atoms with Crippen LogP contribution in [-0.4, -0.2) is 27.3 Å². The maximum atomic E-state index is 13.3. The number of aromatic nitrogens is 2. The van der Waals surface area contributed by atoms with Crippen LogP contribution in [0.2, 0.25) is 0 Å². The van der Waals surface area contributed by atoms with Crippen LogP contribution in [0.4, 0.5) is 4.79 Å². The molecule has 6 nitrogen and oxygen atoms in total. The Morgan fingerprint density at radius 2 is 1.67 bits per heavy atom. The van der Waals surface area contributed by atoms with Crippen LogP contribution in [0.1, 0.15) is 42.5 Å². The van der Waals surface area contributed by atoms with Crippen LogP contribution < -0.4 is 5.32 Å². The molecule has 1 atom stereocenters. The molecule has 36 heavy (non-hydrogen) atoms. The molecule has 0 saturated heterocycles. The van der Waals surface area contributed by atoms with Crippen molar-refractivity contribution in [2.45, 2.75) is 37.8 Å². The molecule has 7 heteroatoms. The Kier molecular flexibility index (Phi) is 6.91. The van der Waals surface area contributed by atoms with Crippen LogP contribution in [0, 0.1) is 0 Å². The van der Waals surface area contributed by atoms with Gasteiger partial charge in [-0.2, -0.15) is 4.98 Å². The highest BCUT2D eigenvalue weighted by Gasteiger charge is 2.35. The summed E-state index contributed by atoms with van der Waals surface area (Å²) in [5.74, 6) is 0.917. The molecule has 1 aliphatic rings. The van der Waals surface area contributed by atoms with E-state index < -0.39 is 6.04 Å². The summed E-state index contributed by atoms with van der Waals surface area (Å²) in [5, 5.41) is 7.44. The van der Waals surface area contributed by atoms with E-state index in [2.05, 4.69) is 41.7 Å². The third-order valence-corrected chi connectivity index (χ3v) is 7.25. The Balaban J connectivity index is 1.55. The summed E-state index contributed by atoms with van der Waals surface area (Å²) in [4.78, 5) is 21.0. The second-order valence-electron chi connectivity index (χ2n) is 8.70. The molecule has 0 bridgehead atoms. The van der Waals surface area contributed by atoms with E-state index in [0.717, 1.165) is 34.4 Å². The lowest BCUT2D eigenvalue weighted by molar-refractivity contribution is 0.203. The van der Waals surface area contributed by atoms with Gasteiger partial charge in [0.05, 0.1) is 18.2 Å². The summed E-state index contributed by atoms with van der Waals surface area (Å²) >= 11 is 1.68. The first-order valence-electron chi connectivity index (χ1n) is 12.0. The minimum Gasteiger partial charge on any atom is -0.334 e. The fraction of sp³-hybridized carbons (Fsp3) is 0.207. The van der Waals surface area contributed by atoms with Crippen molar-refractivity contribution < 1.29 is 9.32 Å². The van der Waals surface area contributed by atoms with Crippen LogP contribution in [0.15, 0.2) is 94.0 Å². The molecule has 2 amide bonds. The number of nitrogens with one attached hydrogen (secondary N) is 1. The molecule has 1 aromatic heterocycles. The van der Waals surface area contributed by atoms with Crippen molar-refractivity contribution >= 4 is 23.4 Å². The number of aryl methyl sites for hydroxylation is 1. The first-order valence-corrected chi connectivity index (χ1v) is 13.2. The number of carbonyl (C=O) groups is 1. The van der Waals surface area contributed by atoms with Gasteiger partial charge in [0.25, 0.3) is 5.89 Å². The van der Waals surface area contributed by atoms with E-state index in [1.165, 1.54) is 10.5 Å². The normalized spacial score (nSPS) is 15.8. The van der Waals surface area contributed by atoms with Crippen molar-refractivity contribution in [1.82, 2.24) is 20.4 Å². The highest BCUT2D eigenvalue weighted by atomic mass is 32.2. The summed E-state index contributed by atoms with van der Waals surface area (Å²) in [6, 6.07) is 25.7. The highest BCUT2D eigenvalue weighted by Crippen LogP contribution is 2.38. The average Bonchev–Trinajstić information content (AvgIpc) is 3.41. The van der Waals surface area contributed by atoms with Crippen LogP contribution in [0.3, 0.4) is 0 Å². The fourth-order valence-electron chi connectivity index (χ4n) is 4.40. The van der Waals surface area contributed by atoms with E-state index in [1.54, 1.807) is 16.7 Å². The third-order valence-electron chi connectivity index (χ3n) is 6.51. The predicted molar refractivity (Wildman–Crippen MR) is 143 cm³/mol. The van der Waals surface area contributed by atoms with Crippen molar-refractivity contribution in [2.24, 2.45) is 0 Å².